The van der Waals surface area contributed by atoms with Crippen LogP contribution in [-0.2, 0) is 0 Å². The van der Waals surface area contributed by atoms with Crippen molar-refractivity contribution in [1.82, 2.24) is 4.90 Å². The molecule has 1 nitrogen and oxygen atoms in total. The van der Waals surface area contributed by atoms with Crippen molar-refractivity contribution >= 4 is 0 Å². The number of hydrogen-bond donors (Lipinski definition) is 0. The van der Waals surface area contributed by atoms with Gasteiger partial charge in [0.05, 0.1) is 0 Å². The lowest BCUT2D eigenvalue weighted by molar-refractivity contribution is 0.0846. The van der Waals surface area contributed by atoms with E-state index in [0.29, 0.717) is 0 Å². The van der Waals surface area contributed by atoms with E-state index in [0.717, 1.165) is 17.9 Å². The molecule has 0 saturated carbocycles. The van der Waals surface area contributed by atoms with Crippen molar-refractivity contribution in [3.63, 3.8) is 0 Å². The van der Waals surface area contributed by atoms with Crippen LogP contribution in [0.5, 0.6) is 0 Å². The van der Waals surface area contributed by atoms with Crippen LogP contribution in [0.25, 0.3) is 0 Å². The molecule has 16 heavy (non-hydrogen) atoms. The summed E-state index contributed by atoms with van der Waals surface area (Å²) in [4.78, 5) is 2.79. The number of rotatable bonds is 6. The first-order valence-corrected chi connectivity index (χ1v) is 7.41. The number of unbranched alkanes of at least 4 members (excludes halogenated alkanes) is 1. The quantitative estimate of drug-likeness (QED) is 0.650. The van der Waals surface area contributed by atoms with E-state index in [4.69, 9.17) is 0 Å². The first-order valence-electron chi connectivity index (χ1n) is 7.41. The van der Waals surface area contributed by atoms with Crippen LogP contribution in [0.3, 0.4) is 0 Å². The molecular weight excluding hydrogens is 194 g/mol. The molecule has 1 fully saturated rings. The van der Waals surface area contributed by atoms with Crippen molar-refractivity contribution in [2.24, 2.45) is 11.8 Å². The fourth-order valence-electron chi connectivity index (χ4n) is 3.29. The van der Waals surface area contributed by atoms with Gasteiger partial charge >= 0.3 is 0 Å². The van der Waals surface area contributed by atoms with Crippen LogP contribution >= 0.6 is 0 Å². The third kappa shape index (κ3) is 4.45. The summed E-state index contributed by atoms with van der Waals surface area (Å²) >= 11 is 0. The van der Waals surface area contributed by atoms with E-state index >= 15 is 0 Å². The molecule has 1 aliphatic rings. The summed E-state index contributed by atoms with van der Waals surface area (Å²) < 4.78 is 0. The average molecular weight is 225 g/mol. The predicted octanol–water partition coefficient (Wildman–Crippen LogP) is 4.32. The van der Waals surface area contributed by atoms with Gasteiger partial charge in [-0.1, -0.05) is 47.0 Å². The molecule has 0 aliphatic carbocycles. The highest BCUT2D eigenvalue weighted by Gasteiger charge is 2.26. The van der Waals surface area contributed by atoms with E-state index in [-0.39, 0.29) is 0 Å². The molecule has 1 heterocycles. The minimum atomic E-state index is 0.871. The fourth-order valence-corrected chi connectivity index (χ4v) is 3.29. The van der Waals surface area contributed by atoms with Gasteiger partial charge in [-0.25, -0.2) is 0 Å². The minimum absolute atomic E-state index is 0.871. The summed E-state index contributed by atoms with van der Waals surface area (Å²) in [6.07, 6.45) is 8.35. The molecule has 1 rings (SSSR count). The SMILES string of the molecule is CCCCC(CCC)N1C[C@H](C)C[C@H](C)C1. The molecule has 0 aromatic rings. The lowest BCUT2D eigenvalue weighted by Crippen LogP contribution is -2.45. The van der Waals surface area contributed by atoms with Gasteiger partial charge in [-0.2, -0.15) is 0 Å². The third-order valence-corrected chi connectivity index (χ3v) is 3.93. The topological polar surface area (TPSA) is 3.24 Å². The van der Waals surface area contributed by atoms with E-state index in [1.807, 2.05) is 0 Å². The summed E-state index contributed by atoms with van der Waals surface area (Å²) in [7, 11) is 0. The van der Waals surface area contributed by atoms with Gasteiger partial charge in [-0.3, -0.25) is 4.90 Å². The Labute approximate surface area is 103 Å². The van der Waals surface area contributed by atoms with E-state index in [1.165, 1.54) is 51.6 Å². The Balaban J connectivity index is 2.47. The zero-order valence-electron chi connectivity index (χ0n) is 11.8. The second-order valence-electron chi connectivity index (χ2n) is 5.98. The molecule has 1 aliphatic heterocycles. The van der Waals surface area contributed by atoms with E-state index in [1.54, 1.807) is 0 Å². The lowest BCUT2D eigenvalue weighted by Gasteiger charge is -2.40. The lowest BCUT2D eigenvalue weighted by atomic mass is 9.89. The van der Waals surface area contributed by atoms with Gasteiger partial charge in [0.1, 0.15) is 0 Å². The molecular formula is C15H31N. The van der Waals surface area contributed by atoms with Gasteiger partial charge in [0, 0.05) is 19.1 Å². The Morgan fingerprint density at radius 2 is 1.62 bits per heavy atom. The van der Waals surface area contributed by atoms with Crippen molar-refractivity contribution in [1.29, 1.82) is 0 Å². The molecule has 0 aromatic carbocycles. The second kappa shape index (κ2) is 7.32. The highest BCUT2D eigenvalue weighted by molar-refractivity contribution is 4.80. The molecule has 3 atom stereocenters. The summed E-state index contributed by atoms with van der Waals surface area (Å²) in [6.45, 7) is 12.2. The highest BCUT2D eigenvalue weighted by atomic mass is 15.2. The van der Waals surface area contributed by atoms with Crippen LogP contribution in [-0.4, -0.2) is 24.0 Å². The van der Waals surface area contributed by atoms with Crippen LogP contribution < -0.4 is 0 Å². The molecule has 0 radical (unpaired) electrons. The zero-order valence-corrected chi connectivity index (χ0v) is 11.8. The van der Waals surface area contributed by atoms with E-state index < -0.39 is 0 Å². The predicted molar refractivity (Wildman–Crippen MR) is 72.7 cm³/mol. The number of likely N-dealkylation sites (tertiary alicyclic amines) is 1. The van der Waals surface area contributed by atoms with E-state index in [2.05, 4.69) is 32.6 Å². The Hall–Kier alpha value is -0.0400. The molecule has 0 aromatic heterocycles. The Morgan fingerprint density at radius 3 is 2.12 bits per heavy atom. The molecule has 0 spiro atoms. The molecule has 0 N–H and O–H groups in total. The first kappa shape index (κ1) is 14.0. The third-order valence-electron chi connectivity index (χ3n) is 3.93. The molecule has 1 saturated heterocycles. The monoisotopic (exact) mass is 225 g/mol. The zero-order chi connectivity index (χ0) is 12.0. The maximum absolute atomic E-state index is 2.79. The maximum Gasteiger partial charge on any atom is 0.00953 e. The Bertz CT molecular complexity index is 168. The van der Waals surface area contributed by atoms with Crippen LogP contribution in [0, 0.1) is 11.8 Å². The molecule has 0 amide bonds. The van der Waals surface area contributed by atoms with Gasteiger partial charge < -0.3 is 0 Å². The van der Waals surface area contributed by atoms with Gasteiger partial charge in [-0.15, -0.1) is 0 Å². The summed E-state index contributed by atoms with van der Waals surface area (Å²) in [6, 6.07) is 0.871. The van der Waals surface area contributed by atoms with Gasteiger partial charge in [0.25, 0.3) is 0 Å². The Kier molecular flexibility index (Phi) is 6.41. The summed E-state index contributed by atoms with van der Waals surface area (Å²) in [5.41, 5.74) is 0. The van der Waals surface area contributed by atoms with Crippen molar-refractivity contribution in [3.8, 4) is 0 Å². The minimum Gasteiger partial charge on any atom is -0.300 e. The Morgan fingerprint density at radius 1 is 1.00 bits per heavy atom. The van der Waals surface area contributed by atoms with Gasteiger partial charge in [0.15, 0.2) is 0 Å². The average Bonchev–Trinajstić information content (AvgIpc) is 2.22. The molecule has 1 heteroatoms. The summed E-state index contributed by atoms with van der Waals surface area (Å²) in [5, 5.41) is 0. The van der Waals surface area contributed by atoms with Crippen molar-refractivity contribution in [3.05, 3.63) is 0 Å². The van der Waals surface area contributed by atoms with Crippen molar-refractivity contribution in [2.45, 2.75) is 72.3 Å². The molecule has 1 unspecified atom stereocenters. The largest absolute Gasteiger partial charge is 0.300 e. The number of hydrogen-bond acceptors (Lipinski definition) is 1. The standard InChI is InChI=1S/C15H31N/c1-5-7-9-15(8-6-2)16-11-13(3)10-14(4)12-16/h13-15H,5-12H2,1-4H3/t13-,14+,15?. The number of piperidine rings is 1. The van der Waals surface area contributed by atoms with Gasteiger partial charge in [-0.05, 0) is 31.1 Å². The van der Waals surface area contributed by atoms with Crippen molar-refractivity contribution in [2.75, 3.05) is 13.1 Å². The van der Waals surface area contributed by atoms with Gasteiger partial charge in [0.2, 0.25) is 0 Å². The number of nitrogens with zero attached hydrogens (tertiary/aromatic N) is 1. The van der Waals surface area contributed by atoms with Crippen molar-refractivity contribution < 1.29 is 0 Å². The van der Waals surface area contributed by atoms with E-state index in [9.17, 15) is 0 Å². The summed E-state index contributed by atoms with van der Waals surface area (Å²) in [5.74, 6) is 1.81. The fraction of sp³-hybridized carbons (Fsp3) is 1.00. The molecule has 0 bridgehead atoms. The van der Waals surface area contributed by atoms with Crippen LogP contribution in [0.2, 0.25) is 0 Å². The normalized spacial score (nSPS) is 29.2. The molecule has 96 valence electrons. The first-order chi connectivity index (χ1) is 7.67. The van der Waals surface area contributed by atoms with Crippen LogP contribution in [0.15, 0.2) is 0 Å². The van der Waals surface area contributed by atoms with Crippen LogP contribution in [0.4, 0.5) is 0 Å². The smallest absolute Gasteiger partial charge is 0.00953 e. The second-order valence-corrected chi connectivity index (χ2v) is 5.98. The highest BCUT2D eigenvalue weighted by Crippen LogP contribution is 2.25. The maximum atomic E-state index is 2.79. The van der Waals surface area contributed by atoms with Crippen LogP contribution in [0.1, 0.15) is 66.2 Å².